The maximum absolute atomic E-state index is 4.04. The minimum atomic E-state index is 0.866. The van der Waals surface area contributed by atoms with E-state index in [9.17, 15) is 0 Å². The Morgan fingerprint density at radius 1 is 1.29 bits per heavy atom. The average Bonchev–Trinajstić information content (AvgIpc) is 2.68. The van der Waals surface area contributed by atoms with Crippen molar-refractivity contribution in [2.75, 3.05) is 11.9 Å². The van der Waals surface area contributed by atoms with Crippen molar-refractivity contribution in [1.82, 2.24) is 9.59 Å². The first kappa shape index (κ1) is 9.15. The largest absolute Gasteiger partial charge is 0.368 e. The van der Waals surface area contributed by atoms with E-state index < -0.39 is 0 Å². The van der Waals surface area contributed by atoms with E-state index in [1.54, 1.807) is 0 Å². The standard InChI is InChI=1S/C10H11N3S/c1-2-11-10-9(14-13-12-10)8-6-4-3-5-7-8/h3-7,11H,2H2,1H3. The summed E-state index contributed by atoms with van der Waals surface area (Å²) >= 11 is 1.42. The smallest absolute Gasteiger partial charge is 0.169 e. The van der Waals surface area contributed by atoms with Crippen LogP contribution in [0.1, 0.15) is 6.92 Å². The summed E-state index contributed by atoms with van der Waals surface area (Å²) in [6.45, 7) is 2.92. The van der Waals surface area contributed by atoms with Gasteiger partial charge in [-0.05, 0) is 24.0 Å². The summed E-state index contributed by atoms with van der Waals surface area (Å²) in [6, 6.07) is 10.2. The lowest BCUT2D eigenvalue weighted by Gasteiger charge is -2.01. The third-order valence-electron chi connectivity index (χ3n) is 1.87. The topological polar surface area (TPSA) is 37.8 Å². The molecule has 3 nitrogen and oxygen atoms in total. The molecule has 0 spiro atoms. The highest BCUT2D eigenvalue weighted by molar-refractivity contribution is 7.10. The molecule has 1 heterocycles. The van der Waals surface area contributed by atoms with Gasteiger partial charge in [-0.25, -0.2) is 0 Å². The highest BCUT2D eigenvalue weighted by atomic mass is 32.1. The molecule has 1 N–H and O–H groups in total. The lowest BCUT2D eigenvalue weighted by Crippen LogP contribution is -1.97. The van der Waals surface area contributed by atoms with Crippen LogP contribution in [0.3, 0.4) is 0 Å². The number of rotatable bonds is 3. The summed E-state index contributed by atoms with van der Waals surface area (Å²) in [4.78, 5) is 1.10. The van der Waals surface area contributed by atoms with Crippen molar-refractivity contribution >= 4 is 17.4 Å². The van der Waals surface area contributed by atoms with Crippen LogP contribution in [0.25, 0.3) is 10.4 Å². The Morgan fingerprint density at radius 3 is 2.79 bits per heavy atom. The van der Waals surface area contributed by atoms with Gasteiger partial charge in [0.15, 0.2) is 5.82 Å². The van der Waals surface area contributed by atoms with Gasteiger partial charge in [-0.15, -0.1) is 5.10 Å². The van der Waals surface area contributed by atoms with Gasteiger partial charge in [-0.3, -0.25) is 0 Å². The van der Waals surface area contributed by atoms with E-state index in [1.807, 2.05) is 25.1 Å². The average molecular weight is 205 g/mol. The second kappa shape index (κ2) is 4.19. The number of hydrogen-bond donors (Lipinski definition) is 1. The lowest BCUT2D eigenvalue weighted by molar-refractivity contribution is 1.10. The van der Waals surface area contributed by atoms with Crippen molar-refractivity contribution in [1.29, 1.82) is 0 Å². The Morgan fingerprint density at radius 2 is 2.07 bits per heavy atom. The van der Waals surface area contributed by atoms with E-state index in [0.717, 1.165) is 17.2 Å². The maximum atomic E-state index is 4.04. The number of benzene rings is 1. The maximum Gasteiger partial charge on any atom is 0.169 e. The molecule has 0 bridgehead atoms. The molecule has 0 amide bonds. The zero-order chi connectivity index (χ0) is 9.80. The molecule has 1 aromatic carbocycles. The van der Waals surface area contributed by atoms with Crippen LogP contribution in [0.15, 0.2) is 30.3 Å². The third kappa shape index (κ3) is 1.75. The molecule has 0 radical (unpaired) electrons. The number of nitrogens with one attached hydrogen (secondary N) is 1. The first-order valence-corrected chi connectivity index (χ1v) is 5.31. The van der Waals surface area contributed by atoms with E-state index in [1.165, 1.54) is 17.1 Å². The van der Waals surface area contributed by atoms with Crippen LogP contribution in [-0.2, 0) is 0 Å². The summed E-state index contributed by atoms with van der Waals surface area (Å²) in [5.74, 6) is 0.878. The van der Waals surface area contributed by atoms with Crippen LogP contribution in [-0.4, -0.2) is 16.1 Å². The van der Waals surface area contributed by atoms with Gasteiger partial charge in [-0.1, -0.05) is 34.8 Å². The molecule has 72 valence electrons. The molecule has 0 unspecified atom stereocenters. The minimum absolute atomic E-state index is 0.866. The van der Waals surface area contributed by atoms with Crippen LogP contribution < -0.4 is 5.32 Å². The van der Waals surface area contributed by atoms with Crippen molar-refractivity contribution in [3.05, 3.63) is 30.3 Å². The summed E-state index contributed by atoms with van der Waals surface area (Å²) in [7, 11) is 0. The Kier molecular flexibility index (Phi) is 2.74. The van der Waals surface area contributed by atoms with Crippen molar-refractivity contribution in [3.8, 4) is 10.4 Å². The van der Waals surface area contributed by atoms with Crippen LogP contribution in [0, 0.1) is 0 Å². The van der Waals surface area contributed by atoms with Crippen molar-refractivity contribution in [2.24, 2.45) is 0 Å². The number of hydrogen-bond acceptors (Lipinski definition) is 4. The molecular weight excluding hydrogens is 194 g/mol. The molecule has 0 aliphatic carbocycles. The number of aromatic nitrogens is 2. The molecule has 0 saturated heterocycles. The Bertz CT molecular complexity index is 397. The van der Waals surface area contributed by atoms with Crippen LogP contribution in [0.5, 0.6) is 0 Å². The molecule has 0 aliphatic heterocycles. The zero-order valence-electron chi connectivity index (χ0n) is 7.90. The third-order valence-corrected chi connectivity index (χ3v) is 2.64. The quantitative estimate of drug-likeness (QED) is 0.837. The fourth-order valence-electron chi connectivity index (χ4n) is 1.25. The van der Waals surface area contributed by atoms with Gasteiger partial charge in [0.25, 0.3) is 0 Å². The molecule has 0 saturated carbocycles. The van der Waals surface area contributed by atoms with Crippen LogP contribution in [0.2, 0.25) is 0 Å². The van der Waals surface area contributed by atoms with E-state index in [0.29, 0.717) is 0 Å². The molecule has 1 aromatic heterocycles. The molecule has 0 atom stereocenters. The highest BCUT2D eigenvalue weighted by Gasteiger charge is 2.07. The van der Waals surface area contributed by atoms with Crippen molar-refractivity contribution in [3.63, 3.8) is 0 Å². The molecular formula is C10H11N3S. The van der Waals surface area contributed by atoms with Gasteiger partial charge in [0.2, 0.25) is 0 Å². The summed E-state index contributed by atoms with van der Waals surface area (Å²) in [6.07, 6.45) is 0. The molecule has 14 heavy (non-hydrogen) atoms. The zero-order valence-corrected chi connectivity index (χ0v) is 8.71. The van der Waals surface area contributed by atoms with E-state index in [4.69, 9.17) is 0 Å². The summed E-state index contributed by atoms with van der Waals surface area (Å²) < 4.78 is 3.95. The van der Waals surface area contributed by atoms with Gasteiger partial charge in [0.05, 0.1) is 4.88 Å². The molecule has 2 rings (SSSR count). The Balaban J connectivity index is 2.37. The Labute approximate surface area is 87.0 Å². The summed E-state index contributed by atoms with van der Waals surface area (Å²) in [5.41, 5.74) is 1.17. The van der Waals surface area contributed by atoms with Gasteiger partial charge >= 0.3 is 0 Å². The fraction of sp³-hybridized carbons (Fsp3) is 0.200. The van der Waals surface area contributed by atoms with Crippen LogP contribution in [0.4, 0.5) is 5.82 Å². The first-order chi connectivity index (χ1) is 6.92. The van der Waals surface area contributed by atoms with Crippen LogP contribution >= 0.6 is 11.5 Å². The van der Waals surface area contributed by atoms with Gasteiger partial charge in [-0.2, -0.15) is 0 Å². The van der Waals surface area contributed by atoms with Gasteiger partial charge in [0, 0.05) is 6.54 Å². The normalized spacial score (nSPS) is 10.1. The number of anilines is 1. The Hall–Kier alpha value is -1.42. The number of nitrogens with zero attached hydrogens (tertiary/aromatic N) is 2. The summed E-state index contributed by atoms with van der Waals surface area (Å²) in [5, 5.41) is 7.23. The predicted octanol–water partition coefficient (Wildman–Crippen LogP) is 2.64. The fourth-order valence-corrected chi connectivity index (χ4v) is 1.90. The highest BCUT2D eigenvalue weighted by Crippen LogP contribution is 2.28. The van der Waals surface area contributed by atoms with E-state index in [2.05, 4.69) is 27.0 Å². The second-order valence-corrected chi connectivity index (χ2v) is 3.60. The van der Waals surface area contributed by atoms with Crippen molar-refractivity contribution in [2.45, 2.75) is 6.92 Å². The first-order valence-electron chi connectivity index (χ1n) is 4.53. The molecule has 4 heteroatoms. The van der Waals surface area contributed by atoms with Crippen molar-refractivity contribution < 1.29 is 0 Å². The monoisotopic (exact) mass is 205 g/mol. The molecule has 0 fully saturated rings. The second-order valence-electron chi connectivity index (χ2n) is 2.85. The molecule has 0 aliphatic rings. The van der Waals surface area contributed by atoms with E-state index >= 15 is 0 Å². The lowest BCUT2D eigenvalue weighted by atomic mass is 10.2. The SMILES string of the molecule is CCNc1nnsc1-c1ccccc1. The minimum Gasteiger partial charge on any atom is -0.368 e. The van der Waals surface area contributed by atoms with E-state index in [-0.39, 0.29) is 0 Å². The van der Waals surface area contributed by atoms with Gasteiger partial charge < -0.3 is 5.32 Å². The molecule has 2 aromatic rings. The van der Waals surface area contributed by atoms with Gasteiger partial charge in [0.1, 0.15) is 0 Å². The predicted molar refractivity (Wildman–Crippen MR) is 59.5 cm³/mol.